The quantitative estimate of drug-likeness (QED) is 0.598. The predicted octanol–water partition coefficient (Wildman–Crippen LogP) is 4.24. The maximum Gasteiger partial charge on any atom is 0.338 e. The zero-order valence-corrected chi connectivity index (χ0v) is 18.5. The van der Waals surface area contributed by atoms with Gasteiger partial charge in [0, 0.05) is 11.3 Å². The number of methoxy groups -OCH3 is 1. The average Bonchev–Trinajstić information content (AvgIpc) is 2.76. The Bertz CT molecular complexity index is 1030. The predicted molar refractivity (Wildman–Crippen MR) is 117 cm³/mol. The Hall–Kier alpha value is -3.55. The number of hydrogen-bond donors (Lipinski definition) is 2. The molecule has 2 aromatic carbocycles. The zero-order valence-electron chi connectivity index (χ0n) is 18.5. The van der Waals surface area contributed by atoms with Crippen LogP contribution < -0.4 is 20.1 Å². The molecule has 0 aromatic heterocycles. The molecule has 0 radical (unpaired) electrons. The molecule has 0 fully saturated rings. The van der Waals surface area contributed by atoms with E-state index < -0.39 is 18.0 Å². The van der Waals surface area contributed by atoms with Crippen molar-refractivity contribution in [3.8, 4) is 11.5 Å². The second-order valence-electron chi connectivity index (χ2n) is 7.85. The summed E-state index contributed by atoms with van der Waals surface area (Å²) in [6, 6.07) is 10.3. The first-order valence-corrected chi connectivity index (χ1v) is 10.3. The third-order valence-electron chi connectivity index (χ3n) is 4.90. The van der Waals surface area contributed by atoms with Crippen molar-refractivity contribution in [2.24, 2.45) is 5.92 Å². The van der Waals surface area contributed by atoms with Crippen LogP contribution in [0.15, 0.2) is 53.7 Å². The normalized spacial score (nSPS) is 15.8. The Morgan fingerprint density at radius 1 is 1.16 bits per heavy atom. The Morgan fingerprint density at radius 3 is 2.59 bits per heavy atom. The molecule has 3 rings (SSSR count). The lowest BCUT2D eigenvalue weighted by Crippen LogP contribution is -2.45. The first-order chi connectivity index (χ1) is 15.3. The zero-order chi connectivity index (χ0) is 23.3. The number of hydrogen-bond acceptors (Lipinski definition) is 5. The van der Waals surface area contributed by atoms with Gasteiger partial charge in [0.15, 0.2) is 11.5 Å². The van der Waals surface area contributed by atoms with Crippen molar-refractivity contribution in [3.63, 3.8) is 0 Å². The van der Waals surface area contributed by atoms with Crippen LogP contribution in [-0.2, 0) is 16.1 Å². The highest BCUT2D eigenvalue weighted by atomic mass is 19.1. The molecule has 2 N–H and O–H groups in total. The summed E-state index contributed by atoms with van der Waals surface area (Å²) < 4.78 is 30.5. The molecular formula is C24H27FN2O5. The van der Waals surface area contributed by atoms with E-state index in [2.05, 4.69) is 10.6 Å². The van der Waals surface area contributed by atoms with Crippen molar-refractivity contribution in [1.82, 2.24) is 10.6 Å². The van der Waals surface area contributed by atoms with Crippen LogP contribution in [0.5, 0.6) is 11.5 Å². The van der Waals surface area contributed by atoms with Gasteiger partial charge in [-0.3, -0.25) is 0 Å². The number of carbonyl (C=O) groups is 2. The van der Waals surface area contributed by atoms with Crippen LogP contribution in [0, 0.1) is 11.7 Å². The Kier molecular flexibility index (Phi) is 7.35. The van der Waals surface area contributed by atoms with Gasteiger partial charge in [0.05, 0.1) is 25.3 Å². The number of halogens is 1. The fraction of sp³-hybridized carbons (Fsp3) is 0.333. The van der Waals surface area contributed by atoms with E-state index in [1.54, 1.807) is 43.3 Å². The summed E-state index contributed by atoms with van der Waals surface area (Å²) in [5.41, 5.74) is 1.77. The van der Waals surface area contributed by atoms with Gasteiger partial charge < -0.3 is 24.8 Å². The molecule has 7 nitrogen and oxygen atoms in total. The molecule has 0 bridgehead atoms. The third-order valence-corrected chi connectivity index (χ3v) is 4.90. The highest BCUT2D eigenvalue weighted by Gasteiger charge is 2.33. The number of ether oxygens (including phenoxy) is 3. The molecule has 1 aliphatic rings. The molecule has 1 atom stereocenters. The summed E-state index contributed by atoms with van der Waals surface area (Å²) in [5, 5.41) is 5.38. The highest BCUT2D eigenvalue weighted by molar-refractivity contribution is 5.95. The average molecular weight is 442 g/mol. The first kappa shape index (κ1) is 23.1. The van der Waals surface area contributed by atoms with Crippen molar-refractivity contribution in [3.05, 3.63) is 70.7 Å². The van der Waals surface area contributed by atoms with Crippen LogP contribution in [-0.4, -0.2) is 25.7 Å². The van der Waals surface area contributed by atoms with Crippen LogP contribution in [0.25, 0.3) is 0 Å². The number of benzene rings is 2. The van der Waals surface area contributed by atoms with Gasteiger partial charge in [-0.05, 0) is 36.6 Å². The molecule has 0 spiro atoms. The Labute approximate surface area is 186 Å². The highest BCUT2D eigenvalue weighted by Crippen LogP contribution is 2.35. The van der Waals surface area contributed by atoms with Gasteiger partial charge in [-0.15, -0.1) is 0 Å². The lowest BCUT2D eigenvalue weighted by Gasteiger charge is -2.28. The number of allylic oxidation sites excluding steroid dienone is 1. The number of carbonyl (C=O) groups excluding carboxylic acids is 2. The first-order valence-electron chi connectivity index (χ1n) is 10.3. The van der Waals surface area contributed by atoms with Crippen LogP contribution in [0.2, 0.25) is 0 Å². The molecule has 2 amide bonds. The van der Waals surface area contributed by atoms with Gasteiger partial charge in [0.25, 0.3) is 0 Å². The summed E-state index contributed by atoms with van der Waals surface area (Å²) in [7, 11) is 1.48. The molecular weight excluding hydrogens is 415 g/mol. The maximum atomic E-state index is 13.9. The second kappa shape index (κ2) is 10.2. The smallest absolute Gasteiger partial charge is 0.338 e. The van der Waals surface area contributed by atoms with Gasteiger partial charge in [-0.25, -0.2) is 14.0 Å². The van der Waals surface area contributed by atoms with Crippen molar-refractivity contribution >= 4 is 12.0 Å². The summed E-state index contributed by atoms with van der Waals surface area (Å²) in [6.07, 6.45) is 0. The number of esters is 1. The van der Waals surface area contributed by atoms with Crippen LogP contribution in [0.4, 0.5) is 9.18 Å². The van der Waals surface area contributed by atoms with E-state index in [0.29, 0.717) is 33.9 Å². The van der Waals surface area contributed by atoms with E-state index in [4.69, 9.17) is 14.2 Å². The van der Waals surface area contributed by atoms with Crippen LogP contribution in [0.3, 0.4) is 0 Å². The van der Waals surface area contributed by atoms with Crippen LogP contribution in [0.1, 0.15) is 37.9 Å². The summed E-state index contributed by atoms with van der Waals surface area (Å²) in [6.45, 7) is 5.83. The third kappa shape index (κ3) is 5.38. The van der Waals surface area contributed by atoms with Gasteiger partial charge in [0.1, 0.15) is 12.4 Å². The van der Waals surface area contributed by atoms with Gasteiger partial charge in [-0.2, -0.15) is 0 Å². The molecule has 170 valence electrons. The number of amides is 2. The fourth-order valence-electron chi connectivity index (χ4n) is 3.29. The van der Waals surface area contributed by atoms with E-state index in [1.807, 2.05) is 13.8 Å². The number of urea groups is 1. The number of rotatable bonds is 8. The topological polar surface area (TPSA) is 85.9 Å². The lowest BCUT2D eigenvalue weighted by atomic mass is 9.95. The standard InChI is InChI=1S/C24H27FN2O5/c1-14(2)12-32-23(28)21-15(3)26-24(29)27-22(21)16-9-10-19(20(11-16)30-4)31-13-17-7-5-6-8-18(17)25/h5-11,14,22H,12-13H2,1-4H3,(H2,26,27,29). The minimum Gasteiger partial charge on any atom is -0.493 e. The SMILES string of the molecule is COc1cc(C2NC(=O)NC(C)=C2C(=O)OCC(C)C)ccc1OCc1ccccc1F. The largest absolute Gasteiger partial charge is 0.493 e. The molecule has 1 aliphatic heterocycles. The van der Waals surface area contributed by atoms with E-state index in [0.717, 1.165) is 0 Å². The van der Waals surface area contributed by atoms with E-state index in [1.165, 1.54) is 13.2 Å². The minimum absolute atomic E-state index is 0.0260. The summed E-state index contributed by atoms with van der Waals surface area (Å²) >= 11 is 0. The summed E-state index contributed by atoms with van der Waals surface area (Å²) in [5.74, 6) is 0.109. The van der Waals surface area contributed by atoms with Crippen molar-refractivity contribution in [2.45, 2.75) is 33.4 Å². The van der Waals surface area contributed by atoms with Crippen molar-refractivity contribution in [1.29, 1.82) is 0 Å². The lowest BCUT2D eigenvalue weighted by molar-refractivity contribution is -0.140. The monoisotopic (exact) mass is 442 g/mol. The molecule has 0 saturated carbocycles. The van der Waals surface area contributed by atoms with Crippen molar-refractivity contribution < 1.29 is 28.2 Å². The van der Waals surface area contributed by atoms with Crippen LogP contribution >= 0.6 is 0 Å². The molecule has 2 aromatic rings. The molecule has 0 aliphatic carbocycles. The van der Waals surface area contributed by atoms with Gasteiger partial charge >= 0.3 is 12.0 Å². The molecule has 1 unspecified atom stereocenters. The Morgan fingerprint density at radius 2 is 1.91 bits per heavy atom. The molecule has 8 heteroatoms. The fourth-order valence-corrected chi connectivity index (χ4v) is 3.29. The molecule has 0 saturated heterocycles. The van der Waals surface area contributed by atoms with Gasteiger partial charge in [-0.1, -0.05) is 38.1 Å². The Balaban J connectivity index is 1.86. The van der Waals surface area contributed by atoms with E-state index in [9.17, 15) is 14.0 Å². The molecule has 32 heavy (non-hydrogen) atoms. The van der Waals surface area contributed by atoms with E-state index >= 15 is 0 Å². The second-order valence-corrected chi connectivity index (χ2v) is 7.85. The molecule has 1 heterocycles. The van der Waals surface area contributed by atoms with Crippen molar-refractivity contribution in [2.75, 3.05) is 13.7 Å². The number of nitrogens with one attached hydrogen (secondary N) is 2. The summed E-state index contributed by atoms with van der Waals surface area (Å²) in [4.78, 5) is 24.9. The minimum atomic E-state index is -0.724. The van der Waals surface area contributed by atoms with E-state index in [-0.39, 0.29) is 24.9 Å². The van der Waals surface area contributed by atoms with Gasteiger partial charge in [0.2, 0.25) is 0 Å². The maximum absolute atomic E-state index is 13.9.